The van der Waals surface area contributed by atoms with E-state index in [1.54, 1.807) is 0 Å². The fourth-order valence-electron chi connectivity index (χ4n) is 3.14. The van der Waals surface area contributed by atoms with Crippen LogP contribution in [0, 0.1) is 20.8 Å². The Morgan fingerprint density at radius 2 is 2.23 bits per heavy atom. The molecule has 0 spiro atoms. The zero-order valence-electron chi connectivity index (χ0n) is 13.4. The van der Waals surface area contributed by atoms with E-state index >= 15 is 0 Å². The first kappa shape index (κ1) is 14.8. The molecule has 22 heavy (non-hydrogen) atoms. The normalized spacial score (nSPS) is 18.1. The average Bonchev–Trinajstić information content (AvgIpc) is 3.17. The van der Waals surface area contributed by atoms with E-state index in [1.165, 1.54) is 0 Å². The van der Waals surface area contributed by atoms with Crippen LogP contribution in [0.1, 0.15) is 35.4 Å². The summed E-state index contributed by atoms with van der Waals surface area (Å²) in [6.45, 7) is 7.36. The number of likely N-dealkylation sites (tertiary alicyclic amines) is 1. The molecule has 1 saturated heterocycles. The molecule has 3 rings (SSSR count). The van der Waals surface area contributed by atoms with Crippen molar-refractivity contribution in [1.29, 1.82) is 0 Å². The minimum absolute atomic E-state index is 0.153. The van der Waals surface area contributed by atoms with E-state index in [0.717, 1.165) is 48.5 Å². The molecule has 0 aliphatic carbocycles. The molecule has 1 fully saturated rings. The molecular formula is C16H22N4O2. The average molecular weight is 302 g/mol. The zero-order valence-corrected chi connectivity index (χ0v) is 13.4. The van der Waals surface area contributed by atoms with Gasteiger partial charge in [-0.15, -0.1) is 0 Å². The van der Waals surface area contributed by atoms with Crippen molar-refractivity contribution in [2.75, 3.05) is 6.54 Å². The molecule has 6 heteroatoms. The first-order chi connectivity index (χ1) is 10.5. The summed E-state index contributed by atoms with van der Waals surface area (Å²) in [6, 6.07) is 0.229. The van der Waals surface area contributed by atoms with E-state index in [1.807, 2.05) is 42.7 Å². The number of aryl methyl sites for hydroxylation is 3. The van der Waals surface area contributed by atoms with E-state index in [2.05, 4.69) is 10.3 Å². The minimum Gasteiger partial charge on any atom is -0.361 e. The quantitative estimate of drug-likeness (QED) is 0.867. The Bertz CT molecular complexity index is 654. The van der Waals surface area contributed by atoms with Crippen LogP contribution < -0.4 is 0 Å². The highest BCUT2D eigenvalue weighted by atomic mass is 16.5. The second kappa shape index (κ2) is 5.94. The molecule has 0 N–H and O–H groups in total. The van der Waals surface area contributed by atoms with Crippen molar-refractivity contribution in [2.45, 2.75) is 52.6 Å². The summed E-state index contributed by atoms with van der Waals surface area (Å²) in [4.78, 5) is 14.6. The van der Waals surface area contributed by atoms with Crippen LogP contribution in [0.5, 0.6) is 0 Å². The van der Waals surface area contributed by atoms with Gasteiger partial charge in [0.25, 0.3) is 0 Å². The summed E-state index contributed by atoms with van der Waals surface area (Å²) in [6.07, 6.45) is 6.33. The van der Waals surface area contributed by atoms with Crippen LogP contribution in [-0.4, -0.2) is 38.3 Å². The Balaban J connectivity index is 1.68. The molecule has 118 valence electrons. The Labute approximate surface area is 130 Å². The van der Waals surface area contributed by atoms with Gasteiger partial charge in [-0.2, -0.15) is 5.10 Å². The van der Waals surface area contributed by atoms with E-state index in [0.29, 0.717) is 6.42 Å². The van der Waals surface area contributed by atoms with Crippen molar-refractivity contribution < 1.29 is 9.32 Å². The summed E-state index contributed by atoms with van der Waals surface area (Å²) in [5.41, 5.74) is 2.88. The van der Waals surface area contributed by atoms with Gasteiger partial charge in [-0.25, -0.2) is 0 Å². The molecule has 1 aliphatic heterocycles. The van der Waals surface area contributed by atoms with Crippen molar-refractivity contribution >= 4 is 5.91 Å². The van der Waals surface area contributed by atoms with Crippen LogP contribution in [0.15, 0.2) is 16.9 Å². The first-order valence-corrected chi connectivity index (χ1v) is 7.75. The lowest BCUT2D eigenvalue weighted by atomic mass is 10.1. The number of carbonyl (C=O) groups excluding carboxylic acids is 1. The molecule has 0 unspecified atom stereocenters. The summed E-state index contributed by atoms with van der Waals surface area (Å²) < 4.78 is 7.08. The SMILES string of the molecule is Cc1cnn(C[C@H]2CCCN2C(=O)Cc2c(C)noc2C)c1. The Hall–Kier alpha value is -2.11. The lowest BCUT2D eigenvalue weighted by Crippen LogP contribution is -2.39. The van der Waals surface area contributed by atoms with Gasteiger partial charge in [0.1, 0.15) is 5.76 Å². The van der Waals surface area contributed by atoms with Crippen LogP contribution in [0.3, 0.4) is 0 Å². The summed E-state index contributed by atoms with van der Waals surface area (Å²) in [7, 11) is 0. The van der Waals surface area contributed by atoms with Crippen molar-refractivity contribution in [3.8, 4) is 0 Å². The monoisotopic (exact) mass is 302 g/mol. The van der Waals surface area contributed by atoms with Gasteiger partial charge in [0.15, 0.2) is 0 Å². The molecule has 2 aromatic heterocycles. The minimum atomic E-state index is 0.153. The van der Waals surface area contributed by atoms with Gasteiger partial charge in [0, 0.05) is 18.3 Å². The van der Waals surface area contributed by atoms with Crippen LogP contribution in [0.4, 0.5) is 0 Å². The fraction of sp³-hybridized carbons (Fsp3) is 0.562. The number of hydrogen-bond acceptors (Lipinski definition) is 4. The number of aromatic nitrogens is 3. The van der Waals surface area contributed by atoms with Crippen LogP contribution in [0.2, 0.25) is 0 Å². The molecule has 0 aromatic carbocycles. The van der Waals surface area contributed by atoms with E-state index < -0.39 is 0 Å². The third-order valence-electron chi connectivity index (χ3n) is 4.37. The van der Waals surface area contributed by atoms with Crippen molar-refractivity contribution in [2.24, 2.45) is 0 Å². The third kappa shape index (κ3) is 2.91. The standard InChI is InChI=1S/C16H22N4O2/c1-11-8-17-19(9-11)10-14-5-4-6-20(14)16(21)7-15-12(2)18-22-13(15)3/h8-9,14H,4-7,10H2,1-3H3/t14-/m1/s1. The van der Waals surface area contributed by atoms with Gasteiger partial charge < -0.3 is 9.42 Å². The molecule has 6 nitrogen and oxygen atoms in total. The molecule has 2 aromatic rings. The summed E-state index contributed by atoms with van der Waals surface area (Å²) in [5, 5.41) is 8.26. The van der Waals surface area contributed by atoms with E-state index in [9.17, 15) is 4.79 Å². The number of nitrogens with zero attached hydrogens (tertiary/aromatic N) is 4. The van der Waals surface area contributed by atoms with Crippen molar-refractivity contribution in [1.82, 2.24) is 19.8 Å². The molecule has 0 bridgehead atoms. The molecular weight excluding hydrogens is 280 g/mol. The topological polar surface area (TPSA) is 64.2 Å². The lowest BCUT2D eigenvalue weighted by Gasteiger charge is -2.24. The summed E-state index contributed by atoms with van der Waals surface area (Å²) >= 11 is 0. The van der Waals surface area contributed by atoms with E-state index in [-0.39, 0.29) is 11.9 Å². The van der Waals surface area contributed by atoms with Crippen LogP contribution in [-0.2, 0) is 17.8 Å². The second-order valence-corrected chi connectivity index (χ2v) is 6.10. The Kier molecular flexibility index (Phi) is 4.00. The number of carbonyl (C=O) groups is 1. The van der Waals surface area contributed by atoms with Gasteiger partial charge in [-0.05, 0) is 39.2 Å². The van der Waals surface area contributed by atoms with Crippen molar-refractivity contribution in [3.05, 3.63) is 35.0 Å². The molecule has 1 aliphatic rings. The second-order valence-electron chi connectivity index (χ2n) is 6.10. The van der Waals surface area contributed by atoms with Gasteiger partial charge in [-0.3, -0.25) is 9.48 Å². The maximum Gasteiger partial charge on any atom is 0.227 e. The van der Waals surface area contributed by atoms with Gasteiger partial charge in [-0.1, -0.05) is 5.16 Å². The van der Waals surface area contributed by atoms with Crippen LogP contribution >= 0.6 is 0 Å². The molecule has 1 amide bonds. The largest absolute Gasteiger partial charge is 0.361 e. The van der Waals surface area contributed by atoms with Crippen molar-refractivity contribution in [3.63, 3.8) is 0 Å². The summed E-state index contributed by atoms with van der Waals surface area (Å²) in [5.74, 6) is 0.894. The molecule has 0 radical (unpaired) electrons. The number of amides is 1. The van der Waals surface area contributed by atoms with E-state index in [4.69, 9.17) is 4.52 Å². The van der Waals surface area contributed by atoms with Gasteiger partial charge >= 0.3 is 0 Å². The maximum absolute atomic E-state index is 12.6. The fourth-order valence-corrected chi connectivity index (χ4v) is 3.14. The smallest absolute Gasteiger partial charge is 0.227 e. The number of hydrogen-bond donors (Lipinski definition) is 0. The predicted molar refractivity (Wildman–Crippen MR) is 81.4 cm³/mol. The molecule has 1 atom stereocenters. The van der Waals surface area contributed by atoms with Crippen LogP contribution in [0.25, 0.3) is 0 Å². The first-order valence-electron chi connectivity index (χ1n) is 7.75. The molecule has 0 saturated carbocycles. The Morgan fingerprint density at radius 1 is 1.41 bits per heavy atom. The zero-order chi connectivity index (χ0) is 15.7. The van der Waals surface area contributed by atoms with Gasteiger partial charge in [0.05, 0.1) is 30.9 Å². The Morgan fingerprint density at radius 3 is 2.86 bits per heavy atom. The highest BCUT2D eigenvalue weighted by molar-refractivity contribution is 5.79. The highest BCUT2D eigenvalue weighted by Gasteiger charge is 2.30. The van der Waals surface area contributed by atoms with Gasteiger partial charge in [0.2, 0.25) is 5.91 Å². The lowest BCUT2D eigenvalue weighted by molar-refractivity contribution is -0.131. The molecule has 3 heterocycles. The maximum atomic E-state index is 12.6. The number of rotatable bonds is 4. The highest BCUT2D eigenvalue weighted by Crippen LogP contribution is 2.22. The third-order valence-corrected chi connectivity index (χ3v) is 4.37. The predicted octanol–water partition coefficient (Wildman–Crippen LogP) is 2.03.